The van der Waals surface area contributed by atoms with Gasteiger partial charge < -0.3 is 19.5 Å². The smallest absolute Gasteiger partial charge is 0.267 e. The second-order valence-corrected chi connectivity index (χ2v) is 8.87. The van der Waals surface area contributed by atoms with Gasteiger partial charge in [-0.25, -0.2) is 8.42 Å². The molecule has 1 aliphatic heterocycles. The zero-order chi connectivity index (χ0) is 22.7. The molecule has 1 heterocycles. The first-order chi connectivity index (χ1) is 15.4. The summed E-state index contributed by atoms with van der Waals surface area (Å²) in [6.45, 7) is -0.179. The third-order valence-corrected chi connectivity index (χ3v) is 6.81. The van der Waals surface area contributed by atoms with Crippen LogP contribution in [0.3, 0.4) is 0 Å². The Kier molecular flexibility index (Phi) is 5.91. The topological polar surface area (TPSA) is 94.2 Å². The highest BCUT2D eigenvalue weighted by Gasteiger charge is 2.37. The van der Waals surface area contributed by atoms with E-state index in [9.17, 15) is 13.2 Å². The number of para-hydroxylation sites is 2. The molecule has 4 rings (SSSR count). The number of ether oxygens (including phenoxy) is 3. The maximum Gasteiger partial charge on any atom is 0.267 e. The van der Waals surface area contributed by atoms with Gasteiger partial charge in [-0.05, 0) is 48.5 Å². The van der Waals surface area contributed by atoms with Gasteiger partial charge in [0, 0.05) is 11.8 Å². The average molecular weight is 455 g/mol. The van der Waals surface area contributed by atoms with E-state index < -0.39 is 22.0 Å². The lowest BCUT2D eigenvalue weighted by atomic mass is 10.2. The number of nitrogens with zero attached hydrogens (tertiary/aromatic N) is 1. The first kappa shape index (κ1) is 21.5. The number of methoxy groups -OCH3 is 2. The van der Waals surface area contributed by atoms with Gasteiger partial charge in [0.15, 0.2) is 6.10 Å². The van der Waals surface area contributed by atoms with E-state index in [2.05, 4.69) is 5.32 Å². The van der Waals surface area contributed by atoms with Crippen LogP contribution in [0.4, 0.5) is 11.4 Å². The van der Waals surface area contributed by atoms with Crippen molar-refractivity contribution in [1.29, 1.82) is 0 Å². The van der Waals surface area contributed by atoms with Crippen molar-refractivity contribution in [3.8, 4) is 17.2 Å². The minimum Gasteiger partial charge on any atom is -0.497 e. The molecule has 0 spiro atoms. The molecular weight excluding hydrogens is 432 g/mol. The first-order valence-corrected chi connectivity index (χ1v) is 11.2. The number of rotatable bonds is 6. The van der Waals surface area contributed by atoms with Gasteiger partial charge >= 0.3 is 0 Å². The van der Waals surface area contributed by atoms with Crippen LogP contribution in [0.25, 0.3) is 0 Å². The number of nitrogens with one attached hydrogen (secondary N) is 1. The molecule has 0 radical (unpaired) electrons. The Morgan fingerprint density at radius 1 is 0.969 bits per heavy atom. The van der Waals surface area contributed by atoms with Crippen LogP contribution in [0.15, 0.2) is 77.7 Å². The Balaban J connectivity index is 1.64. The maximum atomic E-state index is 13.4. The highest BCUT2D eigenvalue weighted by atomic mass is 32.2. The molecule has 1 N–H and O–H groups in total. The van der Waals surface area contributed by atoms with Crippen molar-refractivity contribution in [3.05, 3.63) is 72.8 Å². The third kappa shape index (κ3) is 4.19. The number of fused-ring (bicyclic) bond motifs is 1. The minimum atomic E-state index is -3.95. The number of amides is 1. The van der Waals surface area contributed by atoms with Crippen LogP contribution in [0.1, 0.15) is 0 Å². The van der Waals surface area contributed by atoms with Crippen LogP contribution in [0.2, 0.25) is 0 Å². The van der Waals surface area contributed by atoms with Gasteiger partial charge in [-0.2, -0.15) is 0 Å². The van der Waals surface area contributed by atoms with Crippen molar-refractivity contribution in [1.82, 2.24) is 0 Å². The fourth-order valence-electron chi connectivity index (χ4n) is 3.36. The summed E-state index contributed by atoms with van der Waals surface area (Å²) in [5, 5.41) is 2.76. The van der Waals surface area contributed by atoms with Crippen molar-refractivity contribution in [3.63, 3.8) is 0 Å². The van der Waals surface area contributed by atoms with Crippen LogP contribution >= 0.6 is 0 Å². The van der Waals surface area contributed by atoms with Crippen molar-refractivity contribution >= 4 is 27.3 Å². The largest absolute Gasteiger partial charge is 0.497 e. The molecule has 1 aliphatic rings. The Labute approximate surface area is 186 Å². The number of sulfonamides is 1. The van der Waals surface area contributed by atoms with E-state index in [1.165, 1.54) is 30.7 Å². The van der Waals surface area contributed by atoms with Crippen LogP contribution < -0.4 is 23.8 Å². The second kappa shape index (κ2) is 8.80. The molecule has 0 aliphatic carbocycles. The third-order valence-electron chi connectivity index (χ3n) is 5.01. The fraction of sp³-hybridized carbons (Fsp3) is 0.174. The zero-order valence-electron chi connectivity index (χ0n) is 17.5. The lowest BCUT2D eigenvalue weighted by Gasteiger charge is -2.34. The fourth-order valence-corrected chi connectivity index (χ4v) is 4.84. The zero-order valence-corrected chi connectivity index (χ0v) is 18.3. The molecule has 0 saturated heterocycles. The number of hydrogen-bond acceptors (Lipinski definition) is 6. The number of anilines is 2. The van der Waals surface area contributed by atoms with E-state index in [0.29, 0.717) is 28.6 Å². The highest BCUT2D eigenvalue weighted by molar-refractivity contribution is 7.92. The summed E-state index contributed by atoms with van der Waals surface area (Å²) in [7, 11) is -0.914. The second-order valence-electron chi connectivity index (χ2n) is 7.01. The SMILES string of the molecule is COc1ccc(S(=O)(=O)N2C[C@H](C(=O)Nc3cccc(OC)c3)Oc3ccccc32)cc1. The minimum absolute atomic E-state index is 0.0851. The van der Waals surface area contributed by atoms with Crippen molar-refractivity contribution in [2.24, 2.45) is 0 Å². The van der Waals surface area contributed by atoms with E-state index in [4.69, 9.17) is 14.2 Å². The van der Waals surface area contributed by atoms with Crippen molar-refractivity contribution in [2.75, 3.05) is 30.4 Å². The van der Waals surface area contributed by atoms with E-state index in [1.807, 2.05) is 0 Å². The van der Waals surface area contributed by atoms with E-state index in [-0.39, 0.29) is 11.4 Å². The predicted octanol–water partition coefficient (Wildman–Crippen LogP) is 3.30. The molecule has 1 amide bonds. The molecule has 9 heteroatoms. The molecule has 1 atom stereocenters. The van der Waals surface area contributed by atoms with Crippen LogP contribution in [-0.4, -0.2) is 41.2 Å². The van der Waals surface area contributed by atoms with Crippen LogP contribution in [0.5, 0.6) is 17.2 Å². The number of hydrogen-bond donors (Lipinski definition) is 1. The lowest BCUT2D eigenvalue weighted by molar-refractivity contribution is -0.122. The number of carbonyl (C=O) groups is 1. The molecule has 0 saturated carbocycles. The Morgan fingerprint density at radius 2 is 1.69 bits per heavy atom. The van der Waals surface area contributed by atoms with E-state index in [1.54, 1.807) is 60.7 Å². The Morgan fingerprint density at radius 3 is 2.41 bits per heavy atom. The first-order valence-electron chi connectivity index (χ1n) is 9.80. The van der Waals surface area contributed by atoms with Gasteiger partial charge in [0.25, 0.3) is 15.9 Å². The predicted molar refractivity (Wildman–Crippen MR) is 120 cm³/mol. The molecule has 0 aromatic heterocycles. The Bertz CT molecular complexity index is 1230. The van der Waals surface area contributed by atoms with Gasteiger partial charge in [-0.3, -0.25) is 9.10 Å². The summed E-state index contributed by atoms with van der Waals surface area (Å²) < 4.78 is 44.2. The van der Waals surface area contributed by atoms with Crippen LogP contribution in [0, 0.1) is 0 Å². The summed E-state index contributed by atoms with van der Waals surface area (Å²) in [4.78, 5) is 13.0. The van der Waals surface area contributed by atoms with Gasteiger partial charge in [-0.15, -0.1) is 0 Å². The molecule has 3 aromatic carbocycles. The molecule has 0 fully saturated rings. The Hall–Kier alpha value is -3.72. The van der Waals surface area contributed by atoms with Gasteiger partial charge in [0.1, 0.15) is 17.2 Å². The number of carbonyl (C=O) groups excluding carboxylic acids is 1. The summed E-state index contributed by atoms with van der Waals surface area (Å²) in [5.74, 6) is 0.965. The number of benzene rings is 3. The molecule has 0 unspecified atom stereocenters. The molecule has 0 bridgehead atoms. The van der Waals surface area contributed by atoms with Gasteiger partial charge in [-0.1, -0.05) is 18.2 Å². The van der Waals surface area contributed by atoms with Crippen molar-refractivity contribution in [2.45, 2.75) is 11.0 Å². The summed E-state index contributed by atoms with van der Waals surface area (Å²) >= 11 is 0. The van der Waals surface area contributed by atoms with Gasteiger partial charge in [0.05, 0.1) is 31.3 Å². The molecule has 166 valence electrons. The highest BCUT2D eigenvalue weighted by Crippen LogP contribution is 2.37. The normalized spacial score (nSPS) is 15.3. The monoisotopic (exact) mass is 454 g/mol. The van der Waals surface area contributed by atoms with Crippen LogP contribution in [-0.2, 0) is 14.8 Å². The summed E-state index contributed by atoms with van der Waals surface area (Å²) in [5.41, 5.74) is 0.884. The molecule has 8 nitrogen and oxygen atoms in total. The summed E-state index contributed by atoms with van der Waals surface area (Å²) in [6, 6.07) is 19.7. The lowest BCUT2D eigenvalue weighted by Crippen LogP contribution is -2.48. The maximum absolute atomic E-state index is 13.4. The van der Waals surface area contributed by atoms with Gasteiger partial charge in [0.2, 0.25) is 0 Å². The molecule has 32 heavy (non-hydrogen) atoms. The molecule has 3 aromatic rings. The van der Waals surface area contributed by atoms with Crippen molar-refractivity contribution < 1.29 is 27.4 Å². The van der Waals surface area contributed by atoms with E-state index in [0.717, 1.165) is 0 Å². The quantitative estimate of drug-likeness (QED) is 0.614. The molecular formula is C23H22N2O6S. The van der Waals surface area contributed by atoms with E-state index >= 15 is 0 Å². The average Bonchev–Trinajstić information content (AvgIpc) is 2.83. The summed E-state index contributed by atoms with van der Waals surface area (Å²) in [6.07, 6.45) is -1.05. The standard InChI is InChI=1S/C23H22N2O6S/c1-29-17-10-12-19(13-11-17)32(27,28)25-15-22(31-21-9-4-3-8-20(21)25)23(26)24-16-6-5-7-18(14-16)30-2/h3-14,22H,15H2,1-2H3,(H,24,26)/t22-/m1/s1.